The largest absolute Gasteiger partial charge is 0.338 e. The molecule has 2 aromatic rings. The molecule has 0 spiro atoms. The van der Waals surface area contributed by atoms with Gasteiger partial charge in [0.1, 0.15) is 6.54 Å². The van der Waals surface area contributed by atoms with Crippen LogP contribution in [0.2, 0.25) is 5.02 Å². The molecule has 26 heavy (non-hydrogen) atoms. The molecule has 3 nitrogen and oxygen atoms in total. The predicted octanol–water partition coefficient (Wildman–Crippen LogP) is 2.72. The highest BCUT2D eigenvalue weighted by atomic mass is 35.5. The fourth-order valence-corrected chi connectivity index (χ4v) is 4.61. The minimum atomic E-state index is 0.156. The van der Waals surface area contributed by atoms with Crippen molar-refractivity contribution in [1.82, 2.24) is 4.90 Å². The van der Waals surface area contributed by atoms with Gasteiger partial charge in [0.25, 0.3) is 0 Å². The zero-order valence-corrected chi connectivity index (χ0v) is 15.8. The van der Waals surface area contributed by atoms with E-state index in [1.807, 2.05) is 18.2 Å². The highest BCUT2D eigenvalue weighted by Gasteiger charge is 2.33. The smallest absolute Gasteiger partial charge is 0.231 e. The Morgan fingerprint density at radius 3 is 2.85 bits per heavy atom. The molecule has 0 aromatic heterocycles. The normalized spacial score (nSPS) is 22.7. The van der Waals surface area contributed by atoms with Crippen molar-refractivity contribution in [2.45, 2.75) is 32.4 Å². The van der Waals surface area contributed by atoms with Crippen LogP contribution in [0.5, 0.6) is 0 Å². The molecule has 1 unspecified atom stereocenters. The summed E-state index contributed by atoms with van der Waals surface area (Å²) in [7, 11) is 0. The average molecular weight is 370 g/mol. The van der Waals surface area contributed by atoms with E-state index in [4.69, 9.17) is 11.6 Å². The number of hydrogen-bond donors (Lipinski definition) is 1. The van der Waals surface area contributed by atoms with Crippen LogP contribution in [0.4, 0.5) is 0 Å². The molecular formula is C22H26ClN2O+. The minimum absolute atomic E-state index is 0.156. The van der Waals surface area contributed by atoms with E-state index in [0.717, 1.165) is 57.0 Å². The number of fused-ring (bicyclic) bond motifs is 1. The third kappa shape index (κ3) is 3.94. The van der Waals surface area contributed by atoms with Crippen LogP contribution in [-0.2, 0) is 24.3 Å². The maximum Gasteiger partial charge on any atom is 0.231 e. The van der Waals surface area contributed by atoms with Crippen LogP contribution < -0.4 is 4.90 Å². The van der Waals surface area contributed by atoms with Crippen LogP contribution in [0.1, 0.15) is 29.5 Å². The van der Waals surface area contributed by atoms with Gasteiger partial charge in [0.15, 0.2) is 0 Å². The summed E-state index contributed by atoms with van der Waals surface area (Å²) >= 11 is 6.11. The number of amides is 1. The Balaban J connectivity index is 1.39. The van der Waals surface area contributed by atoms with Crippen molar-refractivity contribution in [2.24, 2.45) is 5.92 Å². The number of carbonyl (C=O) groups excluding carboxylic acids is 1. The quantitative estimate of drug-likeness (QED) is 0.884. The van der Waals surface area contributed by atoms with Crippen molar-refractivity contribution >= 4 is 17.5 Å². The summed E-state index contributed by atoms with van der Waals surface area (Å²) in [6.45, 7) is 4.65. The molecule has 2 aliphatic heterocycles. The highest BCUT2D eigenvalue weighted by molar-refractivity contribution is 6.30. The number of nitrogens with zero attached hydrogens (tertiary/aromatic N) is 1. The number of piperidine rings is 1. The lowest BCUT2D eigenvalue weighted by Crippen LogP contribution is -3.12. The Morgan fingerprint density at radius 1 is 1.15 bits per heavy atom. The lowest BCUT2D eigenvalue weighted by atomic mass is 9.93. The number of halogens is 1. The standard InChI is InChI=1S/C22H25ClN2O/c23-21-9-3-5-17(13-21)14-24-11-4-8-20(15-24)22(26)25-12-10-18-6-1-2-7-19(18)16-25/h1-3,5-7,9,13,20H,4,8,10-12,14-16H2/p+1/t20-/m0/s1. The zero-order valence-electron chi connectivity index (χ0n) is 15.1. The predicted molar refractivity (Wildman–Crippen MR) is 104 cm³/mol. The van der Waals surface area contributed by atoms with Crippen LogP contribution in [0, 0.1) is 5.92 Å². The van der Waals surface area contributed by atoms with E-state index >= 15 is 0 Å². The van der Waals surface area contributed by atoms with Gasteiger partial charge in [0, 0.05) is 23.7 Å². The molecule has 1 N–H and O–H groups in total. The molecule has 2 heterocycles. The second kappa shape index (κ2) is 7.81. The molecular weight excluding hydrogens is 344 g/mol. The molecule has 2 aromatic carbocycles. The molecule has 2 atom stereocenters. The SMILES string of the molecule is O=C([C@H]1CCC[NH+](Cc2cccc(Cl)c2)C1)N1CCc2ccccc2C1. The lowest BCUT2D eigenvalue weighted by molar-refractivity contribution is -0.921. The van der Waals surface area contributed by atoms with E-state index < -0.39 is 0 Å². The summed E-state index contributed by atoms with van der Waals surface area (Å²) in [5.41, 5.74) is 3.96. The molecule has 136 valence electrons. The zero-order chi connectivity index (χ0) is 17.9. The second-order valence-electron chi connectivity index (χ2n) is 7.63. The maximum absolute atomic E-state index is 13.1. The molecule has 0 bridgehead atoms. The monoisotopic (exact) mass is 369 g/mol. The van der Waals surface area contributed by atoms with Crippen LogP contribution >= 0.6 is 11.6 Å². The average Bonchev–Trinajstić information content (AvgIpc) is 2.67. The van der Waals surface area contributed by atoms with Crippen LogP contribution in [0.3, 0.4) is 0 Å². The van der Waals surface area contributed by atoms with Gasteiger partial charge in [-0.2, -0.15) is 0 Å². The van der Waals surface area contributed by atoms with E-state index in [1.165, 1.54) is 21.6 Å². The molecule has 2 aliphatic rings. The fraction of sp³-hybridized carbons (Fsp3) is 0.409. The van der Waals surface area contributed by atoms with Gasteiger partial charge in [-0.25, -0.2) is 0 Å². The van der Waals surface area contributed by atoms with Crippen molar-refractivity contribution in [3.8, 4) is 0 Å². The van der Waals surface area contributed by atoms with Crippen LogP contribution in [0.15, 0.2) is 48.5 Å². The Morgan fingerprint density at radius 2 is 2.00 bits per heavy atom. The topological polar surface area (TPSA) is 24.8 Å². The molecule has 0 radical (unpaired) electrons. The first-order valence-corrected chi connectivity index (χ1v) is 10.0. The van der Waals surface area contributed by atoms with E-state index in [0.29, 0.717) is 5.91 Å². The molecule has 4 heteroatoms. The van der Waals surface area contributed by atoms with Crippen LogP contribution in [-0.4, -0.2) is 30.4 Å². The van der Waals surface area contributed by atoms with E-state index in [-0.39, 0.29) is 5.92 Å². The van der Waals surface area contributed by atoms with Gasteiger partial charge in [-0.1, -0.05) is 48.0 Å². The maximum atomic E-state index is 13.1. The lowest BCUT2D eigenvalue weighted by Gasteiger charge is -2.35. The summed E-state index contributed by atoms with van der Waals surface area (Å²) in [5, 5.41) is 0.790. The number of quaternary nitrogens is 1. The number of benzene rings is 2. The molecule has 4 rings (SSSR count). The number of rotatable bonds is 3. The Kier molecular flexibility index (Phi) is 5.28. The molecule has 0 saturated carbocycles. The summed E-state index contributed by atoms with van der Waals surface area (Å²) in [5.74, 6) is 0.506. The van der Waals surface area contributed by atoms with Gasteiger partial charge in [-0.15, -0.1) is 0 Å². The van der Waals surface area contributed by atoms with E-state index in [1.54, 1.807) is 0 Å². The van der Waals surface area contributed by atoms with E-state index in [2.05, 4.69) is 35.2 Å². The summed E-state index contributed by atoms with van der Waals surface area (Å²) < 4.78 is 0. The van der Waals surface area contributed by atoms with Crippen molar-refractivity contribution in [3.05, 3.63) is 70.2 Å². The summed E-state index contributed by atoms with van der Waals surface area (Å²) in [4.78, 5) is 16.7. The van der Waals surface area contributed by atoms with Gasteiger partial charge in [-0.3, -0.25) is 4.79 Å². The third-order valence-electron chi connectivity index (χ3n) is 5.75. The minimum Gasteiger partial charge on any atom is -0.338 e. The first-order chi connectivity index (χ1) is 12.7. The van der Waals surface area contributed by atoms with E-state index in [9.17, 15) is 4.79 Å². The van der Waals surface area contributed by atoms with Gasteiger partial charge in [0.05, 0.1) is 19.0 Å². The first-order valence-electron chi connectivity index (χ1n) is 9.62. The number of carbonyl (C=O) groups is 1. The summed E-state index contributed by atoms with van der Waals surface area (Å²) in [6, 6.07) is 16.6. The van der Waals surface area contributed by atoms with Gasteiger partial charge < -0.3 is 9.80 Å². The first kappa shape index (κ1) is 17.6. The van der Waals surface area contributed by atoms with Crippen molar-refractivity contribution < 1.29 is 9.69 Å². The van der Waals surface area contributed by atoms with Crippen LogP contribution in [0.25, 0.3) is 0 Å². The third-order valence-corrected chi connectivity index (χ3v) is 5.99. The van der Waals surface area contributed by atoms with Crippen molar-refractivity contribution in [3.63, 3.8) is 0 Å². The van der Waals surface area contributed by atoms with Gasteiger partial charge >= 0.3 is 0 Å². The van der Waals surface area contributed by atoms with Crippen molar-refractivity contribution in [1.29, 1.82) is 0 Å². The highest BCUT2D eigenvalue weighted by Crippen LogP contribution is 2.21. The molecule has 1 saturated heterocycles. The Labute approximate surface area is 160 Å². The molecule has 0 aliphatic carbocycles. The second-order valence-corrected chi connectivity index (χ2v) is 8.06. The Hall–Kier alpha value is -1.84. The molecule has 1 fully saturated rings. The summed E-state index contributed by atoms with van der Waals surface area (Å²) in [6.07, 6.45) is 3.13. The van der Waals surface area contributed by atoms with Gasteiger partial charge in [0.2, 0.25) is 5.91 Å². The van der Waals surface area contributed by atoms with Crippen molar-refractivity contribution in [2.75, 3.05) is 19.6 Å². The Bertz CT molecular complexity index is 791. The molecule has 1 amide bonds. The van der Waals surface area contributed by atoms with Gasteiger partial charge in [-0.05, 0) is 42.5 Å². The number of likely N-dealkylation sites (tertiary alicyclic amines) is 1. The number of hydrogen-bond acceptors (Lipinski definition) is 1. The number of nitrogens with one attached hydrogen (secondary N) is 1. The fourth-order valence-electron chi connectivity index (χ4n) is 4.40.